The minimum absolute atomic E-state index is 0.191. The van der Waals surface area contributed by atoms with Gasteiger partial charge < -0.3 is 4.42 Å². The highest BCUT2D eigenvalue weighted by atomic mass is 32.2. The number of aryl methyl sites for hydroxylation is 1. The third-order valence-electron chi connectivity index (χ3n) is 5.41. The number of thioether (sulfide) groups is 1. The predicted octanol–water partition coefficient (Wildman–Crippen LogP) is 5.06. The number of fused-ring (bicyclic) bond motifs is 1. The van der Waals surface area contributed by atoms with E-state index >= 15 is 0 Å². The Morgan fingerprint density at radius 3 is 2.50 bits per heavy atom. The lowest BCUT2D eigenvalue weighted by molar-refractivity contribution is -0.113. The molecule has 1 N–H and O–H groups in total. The summed E-state index contributed by atoms with van der Waals surface area (Å²) < 4.78 is 18.5. The van der Waals surface area contributed by atoms with Gasteiger partial charge in [0.05, 0.1) is 10.6 Å². The summed E-state index contributed by atoms with van der Waals surface area (Å²) in [4.78, 5) is 40.1. The molecule has 0 atom stereocenters. The maximum atomic E-state index is 13.3. The molecule has 0 saturated carbocycles. The smallest absolute Gasteiger partial charge is 0.349 e. The van der Waals surface area contributed by atoms with Gasteiger partial charge in [-0.05, 0) is 66.7 Å². The molecule has 5 rings (SSSR count). The maximum Gasteiger partial charge on any atom is 0.349 e. The number of benzene rings is 3. The number of carbonyl (C=O) groups excluding carboxylic acids is 2. The molecule has 1 saturated heterocycles. The Hall–Kier alpha value is -4.50. The number of hydrogen-bond donors (Lipinski definition) is 1. The van der Waals surface area contributed by atoms with Crippen molar-refractivity contribution in [2.24, 2.45) is 5.10 Å². The molecule has 0 bridgehead atoms. The zero-order valence-corrected chi connectivity index (χ0v) is 19.7. The van der Waals surface area contributed by atoms with Gasteiger partial charge in [-0.2, -0.15) is 0 Å². The van der Waals surface area contributed by atoms with Crippen molar-refractivity contribution in [3.05, 3.63) is 117 Å². The summed E-state index contributed by atoms with van der Waals surface area (Å²) in [5, 5.41) is 4.94. The van der Waals surface area contributed by atoms with E-state index in [-0.39, 0.29) is 22.5 Å². The quantitative estimate of drug-likeness (QED) is 0.241. The molecule has 2 heterocycles. The molecule has 0 unspecified atom stereocenters. The summed E-state index contributed by atoms with van der Waals surface area (Å²) in [6.07, 6.45) is 1.62. The van der Waals surface area contributed by atoms with Gasteiger partial charge in [0.2, 0.25) is 0 Å². The Kier molecular flexibility index (Phi) is 6.22. The van der Waals surface area contributed by atoms with Crippen molar-refractivity contribution in [1.82, 2.24) is 5.43 Å². The van der Waals surface area contributed by atoms with Crippen LogP contribution in [0, 0.1) is 12.7 Å². The molecule has 3 aromatic carbocycles. The van der Waals surface area contributed by atoms with Crippen molar-refractivity contribution in [1.29, 1.82) is 0 Å². The number of carbonyl (C=O) groups is 2. The Morgan fingerprint density at radius 1 is 1.03 bits per heavy atom. The topological polar surface area (TPSA) is 92.0 Å². The largest absolute Gasteiger partial charge is 0.422 e. The molecule has 178 valence electrons. The Morgan fingerprint density at radius 2 is 1.75 bits per heavy atom. The number of nitrogens with zero attached hydrogens (tertiary/aromatic N) is 2. The summed E-state index contributed by atoms with van der Waals surface area (Å²) in [7, 11) is 0. The number of nitrogens with one attached hydrogen (secondary N) is 1. The van der Waals surface area contributed by atoms with Gasteiger partial charge in [0.1, 0.15) is 17.0 Å². The van der Waals surface area contributed by atoms with Gasteiger partial charge in [-0.1, -0.05) is 48.0 Å². The molecule has 1 aliphatic rings. The molecule has 7 nitrogen and oxygen atoms in total. The number of amides is 2. The fraction of sp³-hybridized carbons (Fsp3) is 0.0370. The minimum atomic E-state index is -0.797. The van der Waals surface area contributed by atoms with Gasteiger partial charge in [0, 0.05) is 5.39 Å². The number of hydrazone groups is 1. The Labute approximate surface area is 208 Å². The van der Waals surface area contributed by atoms with Crippen molar-refractivity contribution in [2.75, 3.05) is 4.90 Å². The van der Waals surface area contributed by atoms with Crippen LogP contribution in [0.5, 0.6) is 0 Å². The van der Waals surface area contributed by atoms with E-state index in [1.54, 1.807) is 54.6 Å². The average molecular weight is 500 g/mol. The molecular weight excluding hydrogens is 481 g/mol. The van der Waals surface area contributed by atoms with Crippen LogP contribution in [-0.4, -0.2) is 17.0 Å². The maximum absolute atomic E-state index is 13.3. The summed E-state index contributed by atoms with van der Waals surface area (Å²) >= 11 is 1.05. The van der Waals surface area contributed by atoms with Crippen LogP contribution in [0.25, 0.3) is 17.0 Å². The molecule has 0 radical (unpaired) electrons. The van der Waals surface area contributed by atoms with Gasteiger partial charge in [-0.15, -0.1) is 5.10 Å². The molecule has 2 amide bonds. The van der Waals surface area contributed by atoms with E-state index in [9.17, 15) is 18.8 Å². The Bertz CT molecular complexity index is 1610. The van der Waals surface area contributed by atoms with Crippen molar-refractivity contribution < 1.29 is 18.4 Å². The minimum Gasteiger partial charge on any atom is -0.422 e. The van der Waals surface area contributed by atoms with Gasteiger partial charge >= 0.3 is 5.63 Å². The summed E-state index contributed by atoms with van der Waals surface area (Å²) in [6, 6.07) is 21.2. The van der Waals surface area contributed by atoms with Gasteiger partial charge in [0.15, 0.2) is 5.17 Å². The highest BCUT2D eigenvalue weighted by Crippen LogP contribution is 2.36. The van der Waals surface area contributed by atoms with Crippen molar-refractivity contribution in [3.63, 3.8) is 0 Å². The third-order valence-corrected chi connectivity index (χ3v) is 6.37. The fourth-order valence-corrected chi connectivity index (χ4v) is 4.50. The molecular formula is C27H18FN3O4S. The van der Waals surface area contributed by atoms with E-state index in [1.807, 2.05) is 19.1 Å². The van der Waals surface area contributed by atoms with E-state index in [1.165, 1.54) is 23.1 Å². The molecule has 0 aliphatic carbocycles. The fourth-order valence-electron chi connectivity index (χ4n) is 3.56. The predicted molar refractivity (Wildman–Crippen MR) is 138 cm³/mol. The molecule has 1 aromatic heterocycles. The molecule has 1 aliphatic heterocycles. The van der Waals surface area contributed by atoms with Gasteiger partial charge in [-0.3, -0.25) is 14.5 Å². The van der Waals surface area contributed by atoms with Crippen LogP contribution < -0.4 is 16.0 Å². The lowest BCUT2D eigenvalue weighted by Gasteiger charge is -2.15. The zero-order valence-electron chi connectivity index (χ0n) is 18.9. The van der Waals surface area contributed by atoms with Gasteiger partial charge in [0.25, 0.3) is 11.8 Å². The number of halogens is 1. The van der Waals surface area contributed by atoms with E-state index < -0.39 is 11.5 Å². The van der Waals surface area contributed by atoms with E-state index in [4.69, 9.17) is 4.42 Å². The molecule has 0 spiro atoms. The first-order chi connectivity index (χ1) is 17.4. The van der Waals surface area contributed by atoms with Crippen LogP contribution in [0.1, 0.15) is 21.5 Å². The molecule has 4 aromatic rings. The van der Waals surface area contributed by atoms with Crippen molar-refractivity contribution in [2.45, 2.75) is 6.92 Å². The summed E-state index contributed by atoms with van der Waals surface area (Å²) in [5.74, 6) is -1.51. The van der Waals surface area contributed by atoms with Crippen LogP contribution in [0.15, 0.2) is 98.1 Å². The molecule has 9 heteroatoms. The zero-order chi connectivity index (χ0) is 25.2. The van der Waals surface area contributed by atoms with Crippen molar-refractivity contribution in [3.8, 4) is 0 Å². The Balaban J connectivity index is 1.48. The van der Waals surface area contributed by atoms with Crippen LogP contribution in [0.3, 0.4) is 0 Å². The average Bonchev–Trinajstić information content (AvgIpc) is 3.18. The SMILES string of the molecule is Cc1ccc(N2C(=O)/C(=C/c3ccc(F)cc3)S/C2=N\NC(=O)c2cc3ccccc3oc2=O)cc1. The standard InChI is InChI=1S/C27H18FN3O4S/c1-16-6-12-20(13-7-16)31-25(33)23(14-17-8-10-19(28)11-9-17)36-27(31)30-29-24(32)21-15-18-4-2-3-5-22(18)35-26(21)34/h2-15H,1H3,(H,29,32)/b23-14-,30-27-. The number of amidine groups is 1. The van der Waals surface area contributed by atoms with Crippen molar-refractivity contribution >= 4 is 51.5 Å². The number of hydrogen-bond acceptors (Lipinski definition) is 6. The first-order valence-corrected chi connectivity index (χ1v) is 11.7. The van der Waals surface area contributed by atoms with E-state index in [0.717, 1.165) is 17.3 Å². The van der Waals surface area contributed by atoms with Gasteiger partial charge in [-0.25, -0.2) is 14.6 Å². The second kappa shape index (κ2) is 9.63. The lowest BCUT2D eigenvalue weighted by atomic mass is 10.2. The summed E-state index contributed by atoms with van der Waals surface area (Å²) in [5.41, 5.74) is 3.92. The highest BCUT2D eigenvalue weighted by Gasteiger charge is 2.35. The normalized spacial score (nSPS) is 15.7. The number of rotatable bonds is 4. The summed E-state index contributed by atoms with van der Waals surface area (Å²) in [6.45, 7) is 1.93. The lowest BCUT2D eigenvalue weighted by Crippen LogP contribution is -2.32. The molecule has 1 fully saturated rings. The van der Waals surface area contributed by atoms with E-state index in [0.29, 0.717) is 27.1 Å². The van der Waals surface area contributed by atoms with E-state index in [2.05, 4.69) is 10.5 Å². The monoisotopic (exact) mass is 499 g/mol. The third kappa shape index (κ3) is 4.69. The van der Waals surface area contributed by atoms with Crippen LogP contribution in [-0.2, 0) is 4.79 Å². The highest BCUT2D eigenvalue weighted by molar-refractivity contribution is 8.19. The van der Waals surface area contributed by atoms with Crippen LogP contribution in [0.2, 0.25) is 0 Å². The van der Waals surface area contributed by atoms with Crippen LogP contribution in [0.4, 0.5) is 10.1 Å². The van der Waals surface area contributed by atoms with Crippen LogP contribution >= 0.6 is 11.8 Å². The second-order valence-corrected chi connectivity index (χ2v) is 8.97. The first-order valence-electron chi connectivity index (χ1n) is 10.9. The molecule has 36 heavy (non-hydrogen) atoms. The second-order valence-electron chi connectivity index (χ2n) is 7.96. The first kappa shape index (κ1) is 23.3. The number of anilines is 1. The number of para-hydroxylation sites is 1.